The second kappa shape index (κ2) is 4.29. The largest absolute Gasteiger partial charge is 0.384 e. The Morgan fingerprint density at radius 3 is 2.67 bits per heavy atom. The minimum absolute atomic E-state index is 0.0549. The summed E-state index contributed by atoms with van der Waals surface area (Å²) in [7, 11) is -3.75. The number of hydrogen-bond acceptors (Lipinski definition) is 4. The lowest BCUT2D eigenvalue weighted by molar-refractivity contribution is 0.598. The zero-order valence-corrected chi connectivity index (χ0v) is 9.00. The van der Waals surface area contributed by atoms with E-state index in [1.54, 1.807) is 0 Å². The van der Waals surface area contributed by atoms with Gasteiger partial charge in [0.1, 0.15) is 6.07 Å². The first-order chi connectivity index (χ1) is 6.99. The van der Waals surface area contributed by atoms with Gasteiger partial charge in [-0.2, -0.15) is 5.26 Å². The molecule has 1 rings (SSSR count). The van der Waals surface area contributed by atoms with Crippen LogP contribution in [0.3, 0.4) is 0 Å². The molecule has 0 aliphatic heterocycles. The Labute approximate surface area is 88.6 Å². The molecule has 0 radical (unpaired) electrons. The van der Waals surface area contributed by atoms with Gasteiger partial charge in [0.25, 0.3) is 0 Å². The summed E-state index contributed by atoms with van der Waals surface area (Å²) in [6.07, 6.45) is 0. The van der Waals surface area contributed by atoms with Crippen LogP contribution in [0.15, 0.2) is 23.1 Å². The maximum atomic E-state index is 11.0. The van der Waals surface area contributed by atoms with Gasteiger partial charge in [-0.25, -0.2) is 13.6 Å². The average Bonchev–Trinajstić information content (AvgIpc) is 2.17. The minimum atomic E-state index is -3.75. The predicted octanol–water partition coefficient (Wildman–Crippen LogP) is 0.637. The smallest absolute Gasteiger partial charge is 0.238 e. The van der Waals surface area contributed by atoms with E-state index in [4.69, 9.17) is 10.4 Å². The molecule has 0 amide bonds. The summed E-state index contributed by atoms with van der Waals surface area (Å²) in [6.45, 7) is 2.54. The highest BCUT2D eigenvalue weighted by atomic mass is 32.2. The highest BCUT2D eigenvalue weighted by molar-refractivity contribution is 7.89. The molecule has 1 aromatic carbocycles. The van der Waals surface area contributed by atoms with E-state index in [1.165, 1.54) is 18.2 Å². The summed E-state index contributed by atoms with van der Waals surface area (Å²) in [4.78, 5) is -0.0549. The van der Waals surface area contributed by atoms with Crippen LogP contribution < -0.4 is 10.5 Å². The predicted molar refractivity (Wildman–Crippen MR) is 56.7 cm³/mol. The standard InChI is InChI=1S/C9H11N3O2S/c1-2-12-9-4-3-8(15(11,13)14)5-7(9)6-10/h3-5,12H,2H2,1H3,(H2,11,13,14). The Morgan fingerprint density at radius 2 is 2.20 bits per heavy atom. The van der Waals surface area contributed by atoms with E-state index in [-0.39, 0.29) is 10.5 Å². The first-order valence-electron chi connectivity index (χ1n) is 4.30. The van der Waals surface area contributed by atoms with Crippen molar-refractivity contribution in [2.45, 2.75) is 11.8 Å². The molecule has 0 aliphatic rings. The van der Waals surface area contributed by atoms with Crippen LogP contribution in [0.1, 0.15) is 12.5 Å². The van der Waals surface area contributed by atoms with Crippen LogP contribution in [0.5, 0.6) is 0 Å². The van der Waals surface area contributed by atoms with E-state index in [0.717, 1.165) is 0 Å². The molecular formula is C9H11N3O2S. The van der Waals surface area contributed by atoms with Crippen LogP contribution in [0.2, 0.25) is 0 Å². The third-order valence-electron chi connectivity index (χ3n) is 1.81. The maximum Gasteiger partial charge on any atom is 0.238 e. The molecular weight excluding hydrogens is 214 g/mol. The van der Waals surface area contributed by atoms with Crippen LogP contribution in [-0.4, -0.2) is 15.0 Å². The van der Waals surface area contributed by atoms with Crippen LogP contribution in [-0.2, 0) is 10.0 Å². The van der Waals surface area contributed by atoms with Crippen LogP contribution >= 0.6 is 0 Å². The molecule has 0 aliphatic carbocycles. The summed E-state index contributed by atoms with van der Waals surface area (Å²) < 4.78 is 22.0. The van der Waals surface area contributed by atoms with E-state index in [1.807, 2.05) is 13.0 Å². The van der Waals surface area contributed by atoms with Crippen LogP contribution in [0.4, 0.5) is 5.69 Å². The van der Waals surface area contributed by atoms with Gasteiger partial charge in [0.15, 0.2) is 0 Å². The Hall–Kier alpha value is -1.58. The molecule has 0 saturated carbocycles. The number of nitriles is 1. The number of nitrogens with zero attached hydrogens (tertiary/aromatic N) is 1. The number of primary sulfonamides is 1. The van der Waals surface area contributed by atoms with Crippen molar-refractivity contribution < 1.29 is 8.42 Å². The summed E-state index contributed by atoms with van der Waals surface area (Å²) >= 11 is 0. The monoisotopic (exact) mass is 225 g/mol. The number of hydrogen-bond donors (Lipinski definition) is 2. The first-order valence-corrected chi connectivity index (χ1v) is 5.84. The van der Waals surface area contributed by atoms with E-state index in [0.29, 0.717) is 12.2 Å². The van der Waals surface area contributed by atoms with Gasteiger partial charge in [0.2, 0.25) is 10.0 Å². The van der Waals surface area contributed by atoms with Crippen molar-refractivity contribution in [1.29, 1.82) is 5.26 Å². The Kier molecular flexibility index (Phi) is 3.29. The average molecular weight is 225 g/mol. The molecule has 0 heterocycles. The van der Waals surface area contributed by atoms with Crippen LogP contribution in [0.25, 0.3) is 0 Å². The second-order valence-corrected chi connectivity index (χ2v) is 4.46. The van der Waals surface area contributed by atoms with Crippen LogP contribution in [0, 0.1) is 11.3 Å². The lowest BCUT2D eigenvalue weighted by atomic mass is 10.2. The fraction of sp³-hybridized carbons (Fsp3) is 0.222. The highest BCUT2D eigenvalue weighted by Gasteiger charge is 2.10. The van der Waals surface area contributed by atoms with Gasteiger partial charge < -0.3 is 5.32 Å². The van der Waals surface area contributed by atoms with Crippen molar-refractivity contribution in [2.24, 2.45) is 5.14 Å². The molecule has 80 valence electrons. The molecule has 0 atom stereocenters. The lowest BCUT2D eigenvalue weighted by Crippen LogP contribution is -2.12. The summed E-state index contributed by atoms with van der Waals surface area (Å²) in [6, 6.07) is 6.07. The maximum absolute atomic E-state index is 11.0. The number of nitrogens with two attached hydrogens (primary N) is 1. The topological polar surface area (TPSA) is 96.0 Å². The Morgan fingerprint density at radius 1 is 1.53 bits per heavy atom. The normalized spacial score (nSPS) is 10.7. The third-order valence-corrected chi connectivity index (χ3v) is 2.72. The minimum Gasteiger partial charge on any atom is -0.384 e. The van der Waals surface area contributed by atoms with Crippen molar-refractivity contribution >= 4 is 15.7 Å². The SMILES string of the molecule is CCNc1ccc(S(N)(=O)=O)cc1C#N. The Bertz CT molecular complexity index is 503. The van der Waals surface area contributed by atoms with Crippen molar-refractivity contribution in [3.63, 3.8) is 0 Å². The van der Waals surface area contributed by atoms with E-state index in [9.17, 15) is 8.42 Å². The van der Waals surface area contributed by atoms with Gasteiger partial charge in [-0.05, 0) is 25.1 Å². The van der Waals surface area contributed by atoms with Crippen molar-refractivity contribution in [3.8, 4) is 6.07 Å². The number of nitrogens with one attached hydrogen (secondary N) is 1. The second-order valence-electron chi connectivity index (χ2n) is 2.89. The molecule has 1 aromatic rings. The molecule has 0 spiro atoms. The van der Waals surface area contributed by atoms with Gasteiger partial charge in [-0.1, -0.05) is 0 Å². The van der Waals surface area contributed by atoms with E-state index >= 15 is 0 Å². The number of sulfonamides is 1. The van der Waals surface area contributed by atoms with Gasteiger partial charge in [-0.15, -0.1) is 0 Å². The number of anilines is 1. The molecule has 3 N–H and O–H groups in total. The van der Waals surface area contributed by atoms with Gasteiger partial charge in [-0.3, -0.25) is 0 Å². The molecule has 0 aromatic heterocycles. The van der Waals surface area contributed by atoms with Gasteiger partial charge in [0, 0.05) is 6.54 Å². The quantitative estimate of drug-likeness (QED) is 0.788. The Balaban J connectivity index is 3.27. The number of benzene rings is 1. The molecule has 0 unspecified atom stereocenters. The number of rotatable bonds is 3. The van der Waals surface area contributed by atoms with Crippen molar-refractivity contribution in [3.05, 3.63) is 23.8 Å². The fourth-order valence-electron chi connectivity index (χ4n) is 1.14. The first kappa shape index (κ1) is 11.5. The van der Waals surface area contributed by atoms with E-state index < -0.39 is 10.0 Å². The fourth-order valence-corrected chi connectivity index (χ4v) is 1.68. The molecule has 15 heavy (non-hydrogen) atoms. The van der Waals surface area contributed by atoms with Crippen molar-refractivity contribution in [1.82, 2.24) is 0 Å². The molecule has 0 bridgehead atoms. The summed E-state index contributed by atoms with van der Waals surface area (Å²) in [5.74, 6) is 0. The molecule has 0 saturated heterocycles. The highest BCUT2D eigenvalue weighted by Crippen LogP contribution is 2.18. The summed E-state index contributed by atoms with van der Waals surface area (Å²) in [5, 5.41) is 16.7. The van der Waals surface area contributed by atoms with Gasteiger partial charge in [0.05, 0.1) is 16.1 Å². The molecule has 6 heteroatoms. The zero-order chi connectivity index (χ0) is 11.5. The lowest BCUT2D eigenvalue weighted by Gasteiger charge is -2.06. The zero-order valence-electron chi connectivity index (χ0n) is 8.19. The third kappa shape index (κ3) is 2.68. The molecule has 0 fully saturated rings. The van der Waals surface area contributed by atoms with E-state index in [2.05, 4.69) is 5.32 Å². The molecule has 5 nitrogen and oxygen atoms in total. The summed E-state index contributed by atoms with van der Waals surface area (Å²) in [5.41, 5.74) is 0.871. The van der Waals surface area contributed by atoms with Crippen molar-refractivity contribution in [2.75, 3.05) is 11.9 Å². The van der Waals surface area contributed by atoms with Gasteiger partial charge >= 0.3 is 0 Å².